The van der Waals surface area contributed by atoms with Crippen molar-refractivity contribution in [2.75, 3.05) is 6.54 Å². The second kappa shape index (κ2) is 5.61. The van der Waals surface area contributed by atoms with E-state index in [0.717, 1.165) is 17.5 Å². The predicted molar refractivity (Wildman–Crippen MR) is 60.8 cm³/mol. The van der Waals surface area contributed by atoms with E-state index in [1.807, 2.05) is 13.0 Å². The van der Waals surface area contributed by atoms with Crippen LogP contribution in [0.5, 0.6) is 0 Å². The zero-order valence-electron chi connectivity index (χ0n) is 9.36. The molecule has 1 aromatic rings. The Morgan fingerprint density at radius 1 is 1.60 bits per heavy atom. The van der Waals surface area contributed by atoms with Gasteiger partial charge in [-0.3, -0.25) is 9.78 Å². The van der Waals surface area contributed by atoms with Crippen LogP contribution in [0.4, 0.5) is 0 Å². The van der Waals surface area contributed by atoms with Crippen LogP contribution in [-0.4, -0.2) is 17.3 Å². The normalized spacial score (nSPS) is 12.5. The molecule has 1 rings (SSSR count). The van der Waals surface area contributed by atoms with Gasteiger partial charge in [-0.2, -0.15) is 0 Å². The van der Waals surface area contributed by atoms with E-state index in [-0.39, 0.29) is 5.78 Å². The van der Waals surface area contributed by atoms with Gasteiger partial charge in [0, 0.05) is 24.4 Å². The lowest BCUT2D eigenvalue weighted by molar-refractivity contribution is 0.0974. The van der Waals surface area contributed by atoms with Crippen LogP contribution < -0.4 is 5.73 Å². The van der Waals surface area contributed by atoms with Gasteiger partial charge < -0.3 is 5.73 Å². The van der Waals surface area contributed by atoms with E-state index in [1.165, 1.54) is 0 Å². The molecule has 0 saturated carbocycles. The SMILES string of the molecule is Cc1ccncc1C(=O)CCC(C)CN. The zero-order valence-corrected chi connectivity index (χ0v) is 9.36. The van der Waals surface area contributed by atoms with E-state index in [4.69, 9.17) is 5.73 Å². The van der Waals surface area contributed by atoms with Crippen LogP contribution in [0, 0.1) is 12.8 Å². The number of aryl methyl sites for hydroxylation is 1. The summed E-state index contributed by atoms with van der Waals surface area (Å²) in [6.07, 6.45) is 4.76. The molecule has 0 aromatic carbocycles. The maximum absolute atomic E-state index is 11.8. The highest BCUT2D eigenvalue weighted by molar-refractivity contribution is 5.97. The van der Waals surface area contributed by atoms with Crippen LogP contribution in [0.15, 0.2) is 18.5 Å². The lowest BCUT2D eigenvalue weighted by atomic mass is 9.99. The number of aromatic nitrogens is 1. The first-order valence-corrected chi connectivity index (χ1v) is 5.29. The fourth-order valence-electron chi connectivity index (χ4n) is 1.39. The molecule has 1 unspecified atom stereocenters. The molecule has 0 aliphatic heterocycles. The number of hydrogen-bond acceptors (Lipinski definition) is 3. The number of nitrogens with two attached hydrogens (primary N) is 1. The van der Waals surface area contributed by atoms with Gasteiger partial charge >= 0.3 is 0 Å². The second-order valence-electron chi connectivity index (χ2n) is 3.99. The summed E-state index contributed by atoms with van der Waals surface area (Å²) < 4.78 is 0. The van der Waals surface area contributed by atoms with Gasteiger partial charge in [-0.05, 0) is 37.4 Å². The first-order chi connectivity index (χ1) is 7.15. The molecule has 0 amide bonds. The number of Topliss-reactive ketones (excluding diaryl/α,β-unsaturated/α-hetero) is 1. The topological polar surface area (TPSA) is 56.0 Å². The highest BCUT2D eigenvalue weighted by atomic mass is 16.1. The summed E-state index contributed by atoms with van der Waals surface area (Å²) in [5.41, 5.74) is 7.24. The average molecular weight is 206 g/mol. The molecule has 0 bridgehead atoms. The van der Waals surface area contributed by atoms with Crippen molar-refractivity contribution in [2.45, 2.75) is 26.7 Å². The van der Waals surface area contributed by atoms with Gasteiger partial charge in [0.25, 0.3) is 0 Å². The molecular weight excluding hydrogens is 188 g/mol. The summed E-state index contributed by atoms with van der Waals surface area (Å²) in [6.45, 7) is 4.63. The number of hydrogen-bond donors (Lipinski definition) is 1. The van der Waals surface area contributed by atoms with E-state index in [0.29, 0.717) is 18.9 Å². The Morgan fingerprint density at radius 2 is 2.33 bits per heavy atom. The molecular formula is C12H18N2O. The van der Waals surface area contributed by atoms with Crippen molar-refractivity contribution >= 4 is 5.78 Å². The Kier molecular flexibility index (Phi) is 4.43. The van der Waals surface area contributed by atoms with Gasteiger partial charge in [0.1, 0.15) is 0 Å². The van der Waals surface area contributed by atoms with E-state index < -0.39 is 0 Å². The van der Waals surface area contributed by atoms with Crippen LogP contribution in [0.1, 0.15) is 35.7 Å². The van der Waals surface area contributed by atoms with E-state index in [2.05, 4.69) is 11.9 Å². The van der Waals surface area contributed by atoms with Crippen LogP contribution in [-0.2, 0) is 0 Å². The van der Waals surface area contributed by atoms with Gasteiger partial charge in [-0.1, -0.05) is 6.92 Å². The van der Waals surface area contributed by atoms with Crippen molar-refractivity contribution in [3.8, 4) is 0 Å². The van der Waals surface area contributed by atoms with Crippen molar-refractivity contribution in [3.63, 3.8) is 0 Å². The summed E-state index contributed by atoms with van der Waals surface area (Å²) in [4.78, 5) is 15.8. The molecule has 3 heteroatoms. The van der Waals surface area contributed by atoms with Crippen molar-refractivity contribution in [1.29, 1.82) is 0 Å². The summed E-state index contributed by atoms with van der Waals surface area (Å²) in [5, 5.41) is 0. The van der Waals surface area contributed by atoms with Crippen LogP contribution >= 0.6 is 0 Å². The molecule has 0 aliphatic rings. The monoisotopic (exact) mass is 206 g/mol. The van der Waals surface area contributed by atoms with Gasteiger partial charge in [-0.15, -0.1) is 0 Å². The average Bonchev–Trinajstić information content (AvgIpc) is 2.26. The molecule has 0 radical (unpaired) electrons. The summed E-state index contributed by atoms with van der Waals surface area (Å²) in [6, 6.07) is 1.86. The van der Waals surface area contributed by atoms with Gasteiger partial charge in [0.05, 0.1) is 0 Å². The van der Waals surface area contributed by atoms with Crippen molar-refractivity contribution in [3.05, 3.63) is 29.6 Å². The molecule has 1 atom stereocenters. The van der Waals surface area contributed by atoms with Gasteiger partial charge in [0.15, 0.2) is 5.78 Å². The molecule has 2 N–H and O–H groups in total. The highest BCUT2D eigenvalue weighted by Gasteiger charge is 2.10. The number of rotatable bonds is 5. The maximum atomic E-state index is 11.8. The third-order valence-electron chi connectivity index (χ3n) is 2.61. The zero-order chi connectivity index (χ0) is 11.3. The number of nitrogens with zero attached hydrogens (tertiary/aromatic N) is 1. The van der Waals surface area contributed by atoms with Crippen molar-refractivity contribution in [1.82, 2.24) is 4.98 Å². The quantitative estimate of drug-likeness (QED) is 0.749. The lowest BCUT2D eigenvalue weighted by Gasteiger charge is -2.08. The van der Waals surface area contributed by atoms with Gasteiger partial charge in [0.2, 0.25) is 0 Å². The standard InChI is InChI=1S/C12H18N2O/c1-9(7-13)3-4-12(15)11-8-14-6-5-10(11)2/h5-6,8-9H,3-4,7,13H2,1-2H3. The third kappa shape index (κ3) is 3.44. The summed E-state index contributed by atoms with van der Waals surface area (Å²) in [7, 11) is 0. The molecule has 0 fully saturated rings. The first kappa shape index (κ1) is 11.9. The molecule has 0 spiro atoms. The number of pyridine rings is 1. The fourth-order valence-corrected chi connectivity index (χ4v) is 1.39. The van der Waals surface area contributed by atoms with Gasteiger partial charge in [-0.25, -0.2) is 0 Å². The highest BCUT2D eigenvalue weighted by Crippen LogP contribution is 2.12. The second-order valence-corrected chi connectivity index (χ2v) is 3.99. The molecule has 3 nitrogen and oxygen atoms in total. The van der Waals surface area contributed by atoms with E-state index in [1.54, 1.807) is 12.4 Å². The largest absolute Gasteiger partial charge is 0.330 e. The minimum Gasteiger partial charge on any atom is -0.330 e. The summed E-state index contributed by atoms with van der Waals surface area (Å²) >= 11 is 0. The number of carbonyl (C=O) groups is 1. The molecule has 1 heterocycles. The molecule has 1 aromatic heterocycles. The van der Waals surface area contributed by atoms with Crippen LogP contribution in [0.3, 0.4) is 0 Å². The van der Waals surface area contributed by atoms with Crippen molar-refractivity contribution in [2.24, 2.45) is 11.7 Å². The Labute approximate surface area is 90.7 Å². The van der Waals surface area contributed by atoms with Crippen molar-refractivity contribution < 1.29 is 4.79 Å². The minimum absolute atomic E-state index is 0.167. The first-order valence-electron chi connectivity index (χ1n) is 5.29. The maximum Gasteiger partial charge on any atom is 0.164 e. The Hall–Kier alpha value is -1.22. The van der Waals surface area contributed by atoms with Crippen LogP contribution in [0.2, 0.25) is 0 Å². The molecule has 0 saturated heterocycles. The number of ketones is 1. The predicted octanol–water partition coefficient (Wildman–Crippen LogP) is 1.95. The Bertz CT molecular complexity index is 336. The molecule has 15 heavy (non-hydrogen) atoms. The lowest BCUT2D eigenvalue weighted by Crippen LogP contribution is -2.13. The smallest absolute Gasteiger partial charge is 0.164 e. The fraction of sp³-hybridized carbons (Fsp3) is 0.500. The van der Waals surface area contributed by atoms with E-state index in [9.17, 15) is 4.79 Å². The third-order valence-corrected chi connectivity index (χ3v) is 2.61. The number of carbonyl (C=O) groups excluding carboxylic acids is 1. The van der Waals surface area contributed by atoms with Crippen LogP contribution in [0.25, 0.3) is 0 Å². The minimum atomic E-state index is 0.167. The van der Waals surface area contributed by atoms with E-state index >= 15 is 0 Å². The molecule has 82 valence electrons. The Morgan fingerprint density at radius 3 is 2.93 bits per heavy atom. The Balaban J connectivity index is 2.58. The summed E-state index contributed by atoms with van der Waals surface area (Å²) in [5.74, 6) is 0.576. The molecule has 0 aliphatic carbocycles.